The fourth-order valence-electron chi connectivity index (χ4n) is 1.94. The normalized spacial score (nSPS) is 12.1. The van der Waals surface area contributed by atoms with Gasteiger partial charge >= 0.3 is 0 Å². The number of aryl methyl sites for hydroxylation is 2. The monoisotopic (exact) mass is 257 g/mol. The molecule has 0 saturated carbocycles. The summed E-state index contributed by atoms with van der Waals surface area (Å²) in [5, 5.41) is 7.15. The van der Waals surface area contributed by atoms with Crippen molar-refractivity contribution in [2.45, 2.75) is 32.9 Å². The zero-order valence-corrected chi connectivity index (χ0v) is 11.3. The summed E-state index contributed by atoms with van der Waals surface area (Å²) in [6.45, 7) is 4.59. The molecule has 1 N–H and O–H groups in total. The zero-order chi connectivity index (χ0) is 13.7. The number of nitrogens with zero attached hydrogens (tertiary/aromatic N) is 2. The molecule has 4 heteroatoms. The molecule has 2 aromatic rings. The molecule has 0 fully saturated rings. The second-order valence-corrected chi connectivity index (χ2v) is 4.73. The van der Waals surface area contributed by atoms with Crippen LogP contribution >= 0.6 is 0 Å². The van der Waals surface area contributed by atoms with Crippen LogP contribution in [-0.4, -0.2) is 15.7 Å². The van der Waals surface area contributed by atoms with Crippen LogP contribution < -0.4 is 5.32 Å². The molecule has 1 atom stereocenters. The van der Waals surface area contributed by atoms with Gasteiger partial charge in [0.1, 0.15) is 0 Å². The van der Waals surface area contributed by atoms with Crippen LogP contribution in [-0.2, 0) is 11.3 Å². The van der Waals surface area contributed by atoms with Crippen molar-refractivity contribution in [3.63, 3.8) is 0 Å². The highest BCUT2D eigenvalue weighted by atomic mass is 16.1. The first kappa shape index (κ1) is 13.3. The second-order valence-electron chi connectivity index (χ2n) is 4.73. The number of hydrogen-bond acceptors (Lipinski definition) is 2. The quantitative estimate of drug-likeness (QED) is 0.894. The van der Waals surface area contributed by atoms with Gasteiger partial charge in [-0.2, -0.15) is 5.10 Å². The minimum atomic E-state index is 0.0352. The van der Waals surface area contributed by atoms with Gasteiger partial charge in [0.2, 0.25) is 5.91 Å². The van der Waals surface area contributed by atoms with Crippen molar-refractivity contribution in [2.75, 3.05) is 0 Å². The Balaban J connectivity index is 1.81. The van der Waals surface area contributed by atoms with Gasteiger partial charge in [-0.1, -0.05) is 30.3 Å². The average Bonchev–Trinajstić information content (AvgIpc) is 2.83. The maximum absolute atomic E-state index is 11.9. The largest absolute Gasteiger partial charge is 0.350 e. The maximum atomic E-state index is 11.9. The van der Waals surface area contributed by atoms with Gasteiger partial charge < -0.3 is 5.32 Å². The number of nitrogens with one attached hydrogen (secondary N) is 1. The van der Waals surface area contributed by atoms with Gasteiger partial charge in [0.25, 0.3) is 0 Å². The summed E-state index contributed by atoms with van der Waals surface area (Å²) >= 11 is 0. The van der Waals surface area contributed by atoms with Crippen LogP contribution in [0.2, 0.25) is 0 Å². The lowest BCUT2D eigenvalue weighted by molar-refractivity contribution is -0.122. The molecule has 0 aliphatic carbocycles. The van der Waals surface area contributed by atoms with Gasteiger partial charge in [-0.15, -0.1) is 0 Å². The van der Waals surface area contributed by atoms with Crippen LogP contribution in [0.3, 0.4) is 0 Å². The van der Waals surface area contributed by atoms with E-state index in [9.17, 15) is 4.79 Å². The summed E-state index contributed by atoms with van der Waals surface area (Å²) in [5.74, 6) is 0.0458. The molecule has 19 heavy (non-hydrogen) atoms. The SMILES string of the molecule is Cc1cnn(CCC(=O)NC(C)c2ccccc2)c1. The Morgan fingerprint density at radius 2 is 2.11 bits per heavy atom. The summed E-state index contributed by atoms with van der Waals surface area (Å²) < 4.78 is 1.79. The summed E-state index contributed by atoms with van der Waals surface area (Å²) in [4.78, 5) is 11.9. The maximum Gasteiger partial charge on any atom is 0.222 e. The third-order valence-corrected chi connectivity index (χ3v) is 3.01. The molecule has 0 aliphatic heterocycles. The fourth-order valence-corrected chi connectivity index (χ4v) is 1.94. The molecule has 4 nitrogen and oxygen atoms in total. The first-order chi connectivity index (χ1) is 9.15. The fraction of sp³-hybridized carbons (Fsp3) is 0.333. The predicted molar refractivity (Wildman–Crippen MR) is 74.6 cm³/mol. The van der Waals surface area contributed by atoms with E-state index >= 15 is 0 Å². The first-order valence-electron chi connectivity index (χ1n) is 6.48. The Hall–Kier alpha value is -2.10. The van der Waals surface area contributed by atoms with Gasteiger partial charge in [-0.25, -0.2) is 0 Å². The number of hydrogen-bond donors (Lipinski definition) is 1. The number of amides is 1. The Morgan fingerprint density at radius 3 is 2.74 bits per heavy atom. The lowest BCUT2D eigenvalue weighted by atomic mass is 10.1. The van der Waals surface area contributed by atoms with Crippen molar-refractivity contribution >= 4 is 5.91 Å². The topological polar surface area (TPSA) is 46.9 Å². The summed E-state index contributed by atoms with van der Waals surface area (Å²) in [5.41, 5.74) is 2.23. The molecule has 0 radical (unpaired) electrons. The molecule has 1 heterocycles. The van der Waals surface area contributed by atoms with E-state index < -0.39 is 0 Å². The molecule has 0 aliphatic rings. The second kappa shape index (κ2) is 6.18. The predicted octanol–water partition coefficient (Wildman–Crippen LogP) is 2.46. The third-order valence-electron chi connectivity index (χ3n) is 3.01. The van der Waals surface area contributed by atoms with Crippen molar-refractivity contribution in [3.05, 3.63) is 53.9 Å². The first-order valence-corrected chi connectivity index (χ1v) is 6.48. The zero-order valence-electron chi connectivity index (χ0n) is 11.3. The van der Waals surface area contributed by atoms with E-state index in [-0.39, 0.29) is 11.9 Å². The molecule has 2 rings (SSSR count). The van der Waals surface area contributed by atoms with Gasteiger partial charge in [0.05, 0.1) is 12.2 Å². The number of aromatic nitrogens is 2. The van der Waals surface area contributed by atoms with Crippen LogP contribution in [0.1, 0.15) is 30.5 Å². The minimum absolute atomic E-state index is 0.0352. The van der Waals surface area contributed by atoms with Gasteiger partial charge in [-0.05, 0) is 25.0 Å². The van der Waals surface area contributed by atoms with E-state index in [2.05, 4.69) is 10.4 Å². The molecular formula is C15H19N3O. The Kier molecular flexibility index (Phi) is 4.34. The molecule has 0 bridgehead atoms. The van der Waals surface area contributed by atoms with E-state index in [0.717, 1.165) is 11.1 Å². The molecular weight excluding hydrogens is 238 g/mol. The Bertz CT molecular complexity index is 533. The minimum Gasteiger partial charge on any atom is -0.350 e. The molecule has 1 aromatic carbocycles. The van der Waals surface area contributed by atoms with Crippen LogP contribution in [0.5, 0.6) is 0 Å². The van der Waals surface area contributed by atoms with E-state index in [0.29, 0.717) is 13.0 Å². The standard InChI is InChI=1S/C15H19N3O/c1-12-10-16-18(11-12)9-8-15(19)17-13(2)14-6-4-3-5-7-14/h3-7,10-11,13H,8-9H2,1-2H3,(H,17,19). The lowest BCUT2D eigenvalue weighted by Gasteiger charge is -2.14. The lowest BCUT2D eigenvalue weighted by Crippen LogP contribution is -2.27. The number of carbonyl (C=O) groups excluding carboxylic acids is 1. The number of carbonyl (C=O) groups is 1. The molecule has 1 unspecified atom stereocenters. The van der Waals surface area contributed by atoms with E-state index in [1.807, 2.05) is 50.4 Å². The highest BCUT2D eigenvalue weighted by molar-refractivity contribution is 5.76. The molecule has 100 valence electrons. The van der Waals surface area contributed by atoms with Gasteiger partial charge in [-0.3, -0.25) is 9.48 Å². The van der Waals surface area contributed by atoms with Crippen molar-refractivity contribution in [3.8, 4) is 0 Å². The molecule has 1 aromatic heterocycles. The molecule has 0 spiro atoms. The third kappa shape index (κ3) is 3.95. The number of benzene rings is 1. The van der Waals surface area contributed by atoms with Gasteiger partial charge in [0, 0.05) is 19.2 Å². The van der Waals surface area contributed by atoms with E-state index in [4.69, 9.17) is 0 Å². The average molecular weight is 257 g/mol. The van der Waals surface area contributed by atoms with Crippen LogP contribution in [0, 0.1) is 6.92 Å². The van der Waals surface area contributed by atoms with E-state index in [1.54, 1.807) is 10.9 Å². The summed E-state index contributed by atoms with van der Waals surface area (Å²) in [6.07, 6.45) is 4.18. The van der Waals surface area contributed by atoms with Crippen molar-refractivity contribution in [1.82, 2.24) is 15.1 Å². The smallest absolute Gasteiger partial charge is 0.222 e. The Labute approximate surface area is 113 Å². The van der Waals surface area contributed by atoms with Crippen LogP contribution in [0.4, 0.5) is 0 Å². The molecule has 0 saturated heterocycles. The summed E-state index contributed by atoms with van der Waals surface area (Å²) in [6, 6.07) is 9.99. The highest BCUT2D eigenvalue weighted by Gasteiger charge is 2.09. The van der Waals surface area contributed by atoms with Crippen molar-refractivity contribution in [2.24, 2.45) is 0 Å². The van der Waals surface area contributed by atoms with Crippen LogP contribution in [0.25, 0.3) is 0 Å². The van der Waals surface area contributed by atoms with Crippen LogP contribution in [0.15, 0.2) is 42.7 Å². The molecule has 1 amide bonds. The summed E-state index contributed by atoms with van der Waals surface area (Å²) in [7, 11) is 0. The number of rotatable bonds is 5. The Morgan fingerprint density at radius 1 is 1.37 bits per heavy atom. The van der Waals surface area contributed by atoms with E-state index in [1.165, 1.54) is 0 Å². The van der Waals surface area contributed by atoms with Crippen molar-refractivity contribution in [1.29, 1.82) is 0 Å². The highest BCUT2D eigenvalue weighted by Crippen LogP contribution is 2.11. The van der Waals surface area contributed by atoms with Crippen molar-refractivity contribution < 1.29 is 4.79 Å². The van der Waals surface area contributed by atoms with Gasteiger partial charge in [0.15, 0.2) is 0 Å².